The number of ether oxygens (including phenoxy) is 2. The van der Waals surface area contributed by atoms with E-state index >= 15 is 0 Å². The SMILES string of the molecule is Cc1cc2cnc(NC(=O)[C@@H]3C[C@@]34CCOC4)cc2cc1N1CCN([C@@]2(C)COC[C@H]2O)CC1. The Labute approximate surface area is 200 Å². The first-order valence-corrected chi connectivity index (χ1v) is 12.4. The molecule has 3 aliphatic heterocycles. The number of aliphatic hydroxyl groups excluding tert-OH is 1. The average Bonchev–Trinajstić information content (AvgIpc) is 3.14. The summed E-state index contributed by atoms with van der Waals surface area (Å²) in [7, 11) is 0. The molecule has 1 amide bonds. The van der Waals surface area contributed by atoms with Crippen LogP contribution in [0.1, 0.15) is 25.3 Å². The fourth-order valence-electron chi connectivity index (χ4n) is 6.11. The van der Waals surface area contributed by atoms with Gasteiger partial charge in [0.2, 0.25) is 5.91 Å². The highest BCUT2D eigenvalue weighted by molar-refractivity contribution is 5.97. The molecule has 4 atom stereocenters. The highest BCUT2D eigenvalue weighted by Gasteiger charge is 2.59. The van der Waals surface area contributed by atoms with Gasteiger partial charge < -0.3 is 24.8 Å². The van der Waals surface area contributed by atoms with Crippen LogP contribution >= 0.6 is 0 Å². The summed E-state index contributed by atoms with van der Waals surface area (Å²) in [6.07, 6.45) is 3.32. The smallest absolute Gasteiger partial charge is 0.229 e. The molecule has 8 heteroatoms. The minimum absolute atomic E-state index is 0.0445. The third-order valence-electron chi connectivity index (χ3n) is 8.66. The summed E-state index contributed by atoms with van der Waals surface area (Å²) in [4.78, 5) is 22.1. The molecule has 4 fully saturated rings. The van der Waals surface area contributed by atoms with Crippen molar-refractivity contribution in [2.24, 2.45) is 11.3 Å². The highest BCUT2D eigenvalue weighted by Crippen LogP contribution is 2.58. The van der Waals surface area contributed by atoms with Gasteiger partial charge in [-0.2, -0.15) is 0 Å². The standard InChI is InChI=1S/C26H34N4O4/c1-17-9-19-13-27-23(28-24(32)20-12-26(20)3-8-33-16-26)11-18(19)10-21(17)29-4-6-30(7-5-29)25(2)15-34-14-22(25)31/h9-11,13,20,22,31H,3-8,12,14-16H2,1-2H3,(H,27,28,32)/t20-,22+,25-,26+/m0/s1. The van der Waals surface area contributed by atoms with Crippen LogP contribution in [0.2, 0.25) is 0 Å². The number of nitrogens with one attached hydrogen (secondary N) is 1. The van der Waals surface area contributed by atoms with Crippen molar-refractivity contribution in [2.75, 3.05) is 62.8 Å². The first-order chi connectivity index (χ1) is 16.4. The van der Waals surface area contributed by atoms with E-state index in [4.69, 9.17) is 9.47 Å². The van der Waals surface area contributed by atoms with Crippen LogP contribution in [0.4, 0.5) is 11.5 Å². The van der Waals surface area contributed by atoms with Crippen LogP contribution in [-0.4, -0.2) is 85.1 Å². The zero-order chi connectivity index (χ0) is 23.5. The minimum atomic E-state index is -0.436. The first-order valence-electron chi connectivity index (χ1n) is 12.4. The molecule has 34 heavy (non-hydrogen) atoms. The summed E-state index contributed by atoms with van der Waals surface area (Å²) in [6.45, 7) is 10.3. The van der Waals surface area contributed by atoms with Crippen molar-refractivity contribution in [3.05, 3.63) is 30.0 Å². The van der Waals surface area contributed by atoms with Crippen LogP contribution < -0.4 is 10.2 Å². The van der Waals surface area contributed by atoms with E-state index in [9.17, 15) is 9.90 Å². The van der Waals surface area contributed by atoms with Gasteiger partial charge >= 0.3 is 0 Å². The second-order valence-corrected chi connectivity index (χ2v) is 10.8. The second-order valence-electron chi connectivity index (χ2n) is 10.8. The summed E-state index contributed by atoms with van der Waals surface area (Å²) in [5.74, 6) is 0.719. The van der Waals surface area contributed by atoms with Gasteiger partial charge in [-0.05, 0) is 55.8 Å². The maximum Gasteiger partial charge on any atom is 0.229 e. The maximum absolute atomic E-state index is 12.8. The Bertz CT molecular complexity index is 1110. The largest absolute Gasteiger partial charge is 0.389 e. The van der Waals surface area contributed by atoms with Gasteiger partial charge in [0.1, 0.15) is 5.82 Å². The second kappa shape index (κ2) is 8.16. The predicted octanol–water partition coefficient (Wildman–Crippen LogP) is 2.18. The Morgan fingerprint density at radius 3 is 2.68 bits per heavy atom. The van der Waals surface area contributed by atoms with Crippen molar-refractivity contribution in [1.29, 1.82) is 0 Å². The van der Waals surface area contributed by atoms with E-state index in [1.807, 2.05) is 12.3 Å². The monoisotopic (exact) mass is 466 g/mol. The van der Waals surface area contributed by atoms with E-state index in [1.54, 1.807) is 0 Å². The molecule has 2 aromatic rings. The molecule has 182 valence electrons. The van der Waals surface area contributed by atoms with Crippen molar-refractivity contribution in [2.45, 2.75) is 38.3 Å². The molecule has 4 heterocycles. The van der Waals surface area contributed by atoms with E-state index in [0.717, 1.165) is 56.4 Å². The zero-order valence-corrected chi connectivity index (χ0v) is 20.0. The Morgan fingerprint density at radius 1 is 1.15 bits per heavy atom. The molecule has 8 nitrogen and oxygen atoms in total. The minimum Gasteiger partial charge on any atom is -0.389 e. The lowest BCUT2D eigenvalue weighted by atomic mass is 9.95. The number of amides is 1. The van der Waals surface area contributed by atoms with Gasteiger partial charge in [0.15, 0.2) is 0 Å². The number of fused-ring (bicyclic) bond motifs is 1. The summed E-state index contributed by atoms with van der Waals surface area (Å²) in [6, 6.07) is 6.38. The topological polar surface area (TPSA) is 87.2 Å². The fourth-order valence-corrected chi connectivity index (χ4v) is 6.11. The summed E-state index contributed by atoms with van der Waals surface area (Å²) in [5.41, 5.74) is 2.21. The van der Waals surface area contributed by atoms with Gasteiger partial charge in [0, 0.05) is 61.4 Å². The van der Waals surface area contributed by atoms with Crippen molar-refractivity contribution >= 4 is 28.2 Å². The number of nitrogens with zero attached hydrogens (tertiary/aromatic N) is 3. The number of hydrogen-bond acceptors (Lipinski definition) is 7. The quantitative estimate of drug-likeness (QED) is 0.714. The van der Waals surface area contributed by atoms with Crippen LogP contribution in [0.15, 0.2) is 24.4 Å². The van der Waals surface area contributed by atoms with E-state index in [2.05, 4.69) is 46.1 Å². The van der Waals surface area contributed by atoms with E-state index < -0.39 is 6.10 Å². The summed E-state index contributed by atoms with van der Waals surface area (Å²) < 4.78 is 11.1. The van der Waals surface area contributed by atoms with Gasteiger partial charge in [-0.25, -0.2) is 4.98 Å². The third-order valence-corrected chi connectivity index (χ3v) is 8.66. The highest BCUT2D eigenvalue weighted by atomic mass is 16.5. The van der Waals surface area contributed by atoms with Gasteiger partial charge in [0.25, 0.3) is 0 Å². The molecule has 3 saturated heterocycles. The number of aryl methyl sites for hydroxylation is 1. The lowest BCUT2D eigenvalue weighted by molar-refractivity contribution is -0.118. The number of benzene rings is 1. The van der Waals surface area contributed by atoms with Crippen molar-refractivity contribution in [3.8, 4) is 0 Å². The number of piperazine rings is 1. The average molecular weight is 467 g/mol. The molecule has 4 aliphatic rings. The Morgan fingerprint density at radius 2 is 1.97 bits per heavy atom. The molecular weight excluding hydrogens is 432 g/mol. The van der Waals surface area contributed by atoms with Crippen LogP contribution in [0.5, 0.6) is 0 Å². The van der Waals surface area contributed by atoms with Crippen LogP contribution in [0, 0.1) is 18.3 Å². The number of anilines is 2. The summed E-state index contributed by atoms with van der Waals surface area (Å²) >= 11 is 0. The molecule has 1 saturated carbocycles. The Balaban J connectivity index is 1.16. The molecule has 2 N–H and O–H groups in total. The number of carbonyl (C=O) groups excluding carboxylic acids is 1. The van der Waals surface area contributed by atoms with Gasteiger partial charge in [-0.3, -0.25) is 9.69 Å². The molecule has 0 radical (unpaired) electrons. The van der Waals surface area contributed by atoms with Crippen LogP contribution in [-0.2, 0) is 14.3 Å². The molecular formula is C26H34N4O4. The summed E-state index contributed by atoms with van der Waals surface area (Å²) in [5, 5.41) is 15.6. The van der Waals surface area contributed by atoms with E-state index in [1.165, 1.54) is 11.3 Å². The third kappa shape index (κ3) is 3.68. The first kappa shape index (κ1) is 22.2. The van der Waals surface area contributed by atoms with Gasteiger partial charge in [-0.15, -0.1) is 0 Å². The molecule has 1 spiro atoms. The number of carbonyl (C=O) groups is 1. The van der Waals surface area contributed by atoms with Crippen molar-refractivity contribution in [1.82, 2.24) is 9.88 Å². The zero-order valence-electron chi connectivity index (χ0n) is 20.0. The molecule has 0 unspecified atom stereocenters. The molecule has 1 aromatic heterocycles. The molecule has 1 aromatic carbocycles. The fraction of sp³-hybridized carbons (Fsp3) is 0.615. The van der Waals surface area contributed by atoms with Crippen LogP contribution in [0.3, 0.4) is 0 Å². The van der Waals surface area contributed by atoms with Crippen molar-refractivity contribution < 1.29 is 19.4 Å². The maximum atomic E-state index is 12.8. The van der Waals surface area contributed by atoms with Crippen molar-refractivity contribution in [3.63, 3.8) is 0 Å². The van der Waals surface area contributed by atoms with Crippen LogP contribution in [0.25, 0.3) is 10.8 Å². The number of aliphatic hydroxyl groups is 1. The molecule has 0 bridgehead atoms. The number of hydrogen-bond donors (Lipinski definition) is 2. The lowest BCUT2D eigenvalue weighted by Gasteiger charge is -2.45. The number of pyridine rings is 1. The lowest BCUT2D eigenvalue weighted by Crippen LogP contribution is -2.60. The van der Waals surface area contributed by atoms with E-state index in [0.29, 0.717) is 25.6 Å². The molecule has 6 rings (SSSR count). The normalized spacial score (nSPS) is 33.7. The number of rotatable bonds is 4. The number of aromatic nitrogens is 1. The van der Waals surface area contributed by atoms with Gasteiger partial charge in [0.05, 0.1) is 31.5 Å². The Kier molecular flexibility index (Phi) is 5.33. The predicted molar refractivity (Wildman–Crippen MR) is 130 cm³/mol. The van der Waals surface area contributed by atoms with E-state index in [-0.39, 0.29) is 22.8 Å². The van der Waals surface area contributed by atoms with Gasteiger partial charge in [-0.1, -0.05) is 0 Å². The Hall–Kier alpha value is -2.26. The molecule has 1 aliphatic carbocycles.